The lowest BCUT2D eigenvalue weighted by Gasteiger charge is -2.21. The fourth-order valence-corrected chi connectivity index (χ4v) is 1.97. The topological polar surface area (TPSA) is 29.3 Å². The fraction of sp³-hybridized carbons (Fsp3) is 0.556. The monoisotopic (exact) mass is 220 g/mol. The van der Waals surface area contributed by atoms with Crippen molar-refractivity contribution in [3.05, 3.63) is 22.4 Å². The number of thiophene rings is 1. The quantitative estimate of drug-likeness (QED) is 0.819. The van der Waals surface area contributed by atoms with Crippen molar-refractivity contribution in [1.29, 1.82) is 0 Å². The zero-order valence-corrected chi connectivity index (χ0v) is 8.86. The van der Waals surface area contributed by atoms with Crippen LogP contribution in [0.4, 0.5) is 8.78 Å². The maximum Gasteiger partial charge on any atom is 0.272 e. The standard InChI is InChI=1S/C9H14F2N2S/c1-13(7-9(10,11)6-12)5-8-3-2-4-14-8/h2-4H,5-7,12H2,1H3. The molecule has 0 aliphatic rings. The van der Waals surface area contributed by atoms with Gasteiger partial charge in [-0.3, -0.25) is 4.90 Å². The molecule has 0 saturated heterocycles. The summed E-state index contributed by atoms with van der Waals surface area (Å²) in [7, 11) is 1.67. The highest BCUT2D eigenvalue weighted by molar-refractivity contribution is 7.09. The molecule has 14 heavy (non-hydrogen) atoms. The van der Waals surface area contributed by atoms with Crippen LogP contribution < -0.4 is 5.73 Å². The Bertz CT molecular complexity index is 262. The third kappa shape index (κ3) is 3.69. The Morgan fingerprint density at radius 2 is 2.29 bits per heavy atom. The number of halogens is 2. The van der Waals surface area contributed by atoms with E-state index in [1.165, 1.54) is 0 Å². The van der Waals surface area contributed by atoms with Gasteiger partial charge in [-0.15, -0.1) is 11.3 Å². The van der Waals surface area contributed by atoms with Crippen LogP contribution in [-0.4, -0.2) is 31.0 Å². The van der Waals surface area contributed by atoms with Gasteiger partial charge in [0.2, 0.25) is 0 Å². The molecule has 0 atom stereocenters. The van der Waals surface area contributed by atoms with Crippen LogP contribution in [0.5, 0.6) is 0 Å². The summed E-state index contributed by atoms with van der Waals surface area (Å²) < 4.78 is 25.7. The van der Waals surface area contributed by atoms with E-state index < -0.39 is 12.5 Å². The molecule has 0 spiro atoms. The van der Waals surface area contributed by atoms with Gasteiger partial charge in [0.25, 0.3) is 5.92 Å². The third-order valence-corrected chi connectivity index (χ3v) is 2.67. The van der Waals surface area contributed by atoms with Crippen LogP contribution in [0.1, 0.15) is 4.88 Å². The van der Waals surface area contributed by atoms with Gasteiger partial charge in [0, 0.05) is 11.4 Å². The molecule has 0 aliphatic carbocycles. The highest BCUT2D eigenvalue weighted by Crippen LogP contribution is 2.16. The van der Waals surface area contributed by atoms with Crippen molar-refractivity contribution in [3.8, 4) is 0 Å². The Hall–Kier alpha value is -0.520. The zero-order valence-electron chi connectivity index (χ0n) is 8.04. The number of alkyl halides is 2. The van der Waals surface area contributed by atoms with Gasteiger partial charge in [-0.05, 0) is 18.5 Å². The van der Waals surface area contributed by atoms with E-state index in [9.17, 15) is 8.78 Å². The van der Waals surface area contributed by atoms with Crippen molar-refractivity contribution in [2.75, 3.05) is 20.1 Å². The summed E-state index contributed by atoms with van der Waals surface area (Å²) in [4.78, 5) is 2.67. The summed E-state index contributed by atoms with van der Waals surface area (Å²) in [5.41, 5.74) is 4.95. The van der Waals surface area contributed by atoms with Crippen LogP contribution in [0.2, 0.25) is 0 Å². The molecule has 0 fully saturated rings. The van der Waals surface area contributed by atoms with Gasteiger partial charge in [-0.1, -0.05) is 6.07 Å². The van der Waals surface area contributed by atoms with E-state index >= 15 is 0 Å². The molecule has 0 saturated carbocycles. The molecule has 0 radical (unpaired) electrons. The Balaban J connectivity index is 2.40. The minimum Gasteiger partial charge on any atom is -0.325 e. The summed E-state index contributed by atoms with van der Waals surface area (Å²) in [5, 5.41) is 1.93. The van der Waals surface area contributed by atoms with Crippen LogP contribution in [0.25, 0.3) is 0 Å². The van der Waals surface area contributed by atoms with Crippen LogP contribution in [-0.2, 0) is 6.54 Å². The number of rotatable bonds is 5. The number of hydrogen-bond donors (Lipinski definition) is 1. The highest BCUT2D eigenvalue weighted by Gasteiger charge is 2.28. The van der Waals surface area contributed by atoms with Gasteiger partial charge < -0.3 is 5.73 Å². The van der Waals surface area contributed by atoms with E-state index in [2.05, 4.69) is 0 Å². The summed E-state index contributed by atoms with van der Waals surface area (Å²) in [6, 6.07) is 3.84. The van der Waals surface area contributed by atoms with E-state index in [-0.39, 0.29) is 6.54 Å². The van der Waals surface area contributed by atoms with Gasteiger partial charge in [0.1, 0.15) is 0 Å². The number of nitrogens with zero attached hydrogens (tertiary/aromatic N) is 1. The minimum absolute atomic E-state index is 0.290. The lowest BCUT2D eigenvalue weighted by Crippen LogP contribution is -2.39. The average Bonchev–Trinajstić information content (AvgIpc) is 2.55. The van der Waals surface area contributed by atoms with Crippen molar-refractivity contribution in [2.45, 2.75) is 12.5 Å². The maximum atomic E-state index is 12.9. The molecule has 1 aromatic heterocycles. The molecule has 0 aromatic carbocycles. The van der Waals surface area contributed by atoms with Gasteiger partial charge in [-0.25, -0.2) is 8.78 Å². The Kier molecular flexibility index (Phi) is 3.97. The first-order valence-electron chi connectivity index (χ1n) is 4.32. The molecule has 0 aliphatic heterocycles. The normalized spacial score (nSPS) is 12.4. The second-order valence-electron chi connectivity index (χ2n) is 3.31. The van der Waals surface area contributed by atoms with Crippen molar-refractivity contribution >= 4 is 11.3 Å². The molecule has 0 bridgehead atoms. The van der Waals surface area contributed by atoms with E-state index in [1.807, 2.05) is 17.5 Å². The van der Waals surface area contributed by atoms with Gasteiger partial charge in [0.15, 0.2) is 0 Å². The van der Waals surface area contributed by atoms with Crippen molar-refractivity contribution in [3.63, 3.8) is 0 Å². The summed E-state index contributed by atoms with van der Waals surface area (Å²) in [6.45, 7) is -0.337. The SMILES string of the molecule is CN(Cc1cccs1)CC(F)(F)CN. The molecule has 2 N–H and O–H groups in total. The first kappa shape index (κ1) is 11.6. The molecule has 1 aromatic rings. The second kappa shape index (κ2) is 4.82. The summed E-state index contributed by atoms with van der Waals surface area (Å²) in [5.74, 6) is -2.79. The predicted molar refractivity (Wildman–Crippen MR) is 54.7 cm³/mol. The van der Waals surface area contributed by atoms with E-state index in [0.29, 0.717) is 6.54 Å². The van der Waals surface area contributed by atoms with Gasteiger partial charge >= 0.3 is 0 Å². The fourth-order valence-electron chi connectivity index (χ4n) is 1.18. The van der Waals surface area contributed by atoms with Crippen molar-refractivity contribution < 1.29 is 8.78 Å². The Morgan fingerprint density at radius 1 is 1.57 bits per heavy atom. The second-order valence-corrected chi connectivity index (χ2v) is 4.34. The van der Waals surface area contributed by atoms with Crippen LogP contribution in [0.15, 0.2) is 17.5 Å². The summed E-state index contributed by atoms with van der Waals surface area (Å²) in [6.07, 6.45) is 0. The largest absolute Gasteiger partial charge is 0.325 e. The molecular weight excluding hydrogens is 206 g/mol. The number of nitrogens with two attached hydrogens (primary N) is 1. The van der Waals surface area contributed by atoms with E-state index in [4.69, 9.17) is 5.73 Å². The number of hydrogen-bond acceptors (Lipinski definition) is 3. The molecule has 1 heterocycles. The van der Waals surface area contributed by atoms with Gasteiger partial charge in [-0.2, -0.15) is 0 Å². The molecule has 1 rings (SSSR count). The minimum atomic E-state index is -2.79. The Labute approximate surface area is 86.3 Å². The molecular formula is C9H14F2N2S. The third-order valence-electron chi connectivity index (χ3n) is 1.81. The lowest BCUT2D eigenvalue weighted by molar-refractivity contribution is -0.0189. The van der Waals surface area contributed by atoms with Crippen LogP contribution >= 0.6 is 11.3 Å². The molecule has 2 nitrogen and oxygen atoms in total. The average molecular weight is 220 g/mol. The first-order chi connectivity index (χ1) is 6.53. The smallest absolute Gasteiger partial charge is 0.272 e. The van der Waals surface area contributed by atoms with E-state index in [1.54, 1.807) is 23.3 Å². The molecule has 0 unspecified atom stereocenters. The predicted octanol–water partition coefficient (Wildman–Crippen LogP) is 1.77. The summed E-state index contributed by atoms with van der Waals surface area (Å²) >= 11 is 1.57. The van der Waals surface area contributed by atoms with E-state index in [0.717, 1.165) is 4.88 Å². The molecule has 80 valence electrons. The highest BCUT2D eigenvalue weighted by atomic mass is 32.1. The van der Waals surface area contributed by atoms with Crippen molar-refractivity contribution in [2.24, 2.45) is 5.73 Å². The van der Waals surface area contributed by atoms with Crippen LogP contribution in [0.3, 0.4) is 0 Å². The lowest BCUT2D eigenvalue weighted by atomic mass is 10.3. The Morgan fingerprint density at radius 3 is 2.79 bits per heavy atom. The van der Waals surface area contributed by atoms with Crippen LogP contribution in [0, 0.1) is 0 Å². The van der Waals surface area contributed by atoms with Crippen molar-refractivity contribution in [1.82, 2.24) is 4.90 Å². The first-order valence-corrected chi connectivity index (χ1v) is 5.20. The molecule has 0 amide bonds. The molecule has 5 heteroatoms. The zero-order chi connectivity index (χ0) is 10.6. The maximum absolute atomic E-state index is 12.9. The van der Waals surface area contributed by atoms with Gasteiger partial charge in [0.05, 0.1) is 13.1 Å².